The van der Waals surface area contributed by atoms with E-state index in [1.54, 1.807) is 48.5 Å². The summed E-state index contributed by atoms with van der Waals surface area (Å²) in [4.78, 5) is 28.9. The molecule has 7 nitrogen and oxygen atoms in total. The quantitative estimate of drug-likeness (QED) is 0.575. The molecule has 0 radical (unpaired) electrons. The third-order valence-corrected chi connectivity index (χ3v) is 5.25. The van der Waals surface area contributed by atoms with E-state index in [2.05, 4.69) is 15.0 Å². The summed E-state index contributed by atoms with van der Waals surface area (Å²) in [5, 5.41) is 0. The number of aromatic nitrogens is 3. The Kier molecular flexibility index (Phi) is 6.43. The Bertz CT molecular complexity index is 1120. The van der Waals surface area contributed by atoms with Crippen LogP contribution in [0.4, 0.5) is 23.8 Å². The van der Waals surface area contributed by atoms with Crippen molar-refractivity contribution in [2.75, 3.05) is 37.7 Å². The van der Waals surface area contributed by atoms with Gasteiger partial charge in [-0.25, -0.2) is 14.8 Å². The minimum absolute atomic E-state index is 0.305. The van der Waals surface area contributed by atoms with Crippen molar-refractivity contribution in [2.24, 2.45) is 0 Å². The average molecular weight is 457 g/mol. The smallest absolute Gasteiger partial charge is 0.416 e. The molecule has 1 saturated heterocycles. The van der Waals surface area contributed by atoms with Crippen molar-refractivity contribution in [3.05, 3.63) is 60.4 Å². The molecule has 3 aromatic rings. The summed E-state index contributed by atoms with van der Waals surface area (Å²) in [5.74, 6) is 0.931. The standard InChI is InChI=1S/C23H22F3N5O2/c1-2-33-22(32)31-11-9-30(10-12-31)20-14-19(16-5-3-7-18(13-16)23(24,25)26)28-21(29-20)17-6-4-8-27-15-17/h3-8,13-15H,2,9-12H2,1H3. The fourth-order valence-electron chi connectivity index (χ4n) is 3.56. The molecule has 0 spiro atoms. The van der Waals surface area contributed by atoms with Gasteiger partial charge in [0.1, 0.15) is 5.82 Å². The molecule has 33 heavy (non-hydrogen) atoms. The van der Waals surface area contributed by atoms with Crippen LogP contribution in [0.2, 0.25) is 0 Å². The van der Waals surface area contributed by atoms with Gasteiger partial charge in [0, 0.05) is 55.8 Å². The van der Waals surface area contributed by atoms with Crippen LogP contribution in [-0.2, 0) is 10.9 Å². The number of ether oxygens (including phenoxy) is 1. The fourth-order valence-corrected chi connectivity index (χ4v) is 3.56. The summed E-state index contributed by atoms with van der Waals surface area (Å²) < 4.78 is 44.8. The Hall–Kier alpha value is -3.69. The van der Waals surface area contributed by atoms with Gasteiger partial charge in [-0.05, 0) is 31.2 Å². The third kappa shape index (κ3) is 5.21. The van der Waals surface area contributed by atoms with E-state index in [4.69, 9.17) is 4.74 Å². The highest BCUT2D eigenvalue weighted by molar-refractivity contribution is 5.70. The van der Waals surface area contributed by atoms with Crippen LogP contribution in [0.3, 0.4) is 0 Å². The molecule has 4 rings (SSSR count). The number of carbonyl (C=O) groups is 1. The van der Waals surface area contributed by atoms with E-state index in [1.807, 2.05) is 4.90 Å². The number of alkyl halides is 3. The second-order valence-electron chi connectivity index (χ2n) is 7.43. The number of nitrogens with zero attached hydrogens (tertiary/aromatic N) is 5. The fraction of sp³-hybridized carbons (Fsp3) is 0.304. The second kappa shape index (κ2) is 9.43. The molecule has 1 fully saturated rings. The molecule has 1 aromatic carbocycles. The SMILES string of the molecule is CCOC(=O)N1CCN(c2cc(-c3cccc(C(F)(F)F)c3)nc(-c3cccnc3)n2)CC1. The van der Waals surface area contributed by atoms with Crippen LogP contribution in [0.5, 0.6) is 0 Å². The molecular weight excluding hydrogens is 435 g/mol. The summed E-state index contributed by atoms with van der Waals surface area (Å²) in [6.45, 7) is 3.96. The zero-order valence-electron chi connectivity index (χ0n) is 17.9. The maximum atomic E-state index is 13.3. The summed E-state index contributed by atoms with van der Waals surface area (Å²) in [7, 11) is 0. The van der Waals surface area contributed by atoms with Crippen LogP contribution >= 0.6 is 0 Å². The summed E-state index contributed by atoms with van der Waals surface area (Å²) >= 11 is 0. The number of halogens is 3. The predicted octanol–water partition coefficient (Wildman–Crippen LogP) is 4.50. The van der Waals surface area contributed by atoms with E-state index < -0.39 is 11.7 Å². The molecule has 0 N–H and O–H groups in total. The first kappa shape index (κ1) is 22.5. The van der Waals surface area contributed by atoms with Gasteiger partial charge < -0.3 is 14.5 Å². The van der Waals surface area contributed by atoms with E-state index in [-0.39, 0.29) is 6.09 Å². The Labute approximate surface area is 188 Å². The van der Waals surface area contributed by atoms with Gasteiger partial charge in [-0.2, -0.15) is 13.2 Å². The molecule has 0 aliphatic carbocycles. The number of pyridine rings is 1. The second-order valence-corrected chi connectivity index (χ2v) is 7.43. The maximum Gasteiger partial charge on any atom is 0.416 e. The number of hydrogen-bond acceptors (Lipinski definition) is 6. The number of carbonyl (C=O) groups excluding carboxylic acids is 1. The molecule has 1 amide bonds. The molecule has 0 saturated carbocycles. The first-order valence-electron chi connectivity index (χ1n) is 10.5. The highest BCUT2D eigenvalue weighted by Gasteiger charge is 2.31. The molecule has 3 heterocycles. The molecule has 1 aliphatic heterocycles. The molecule has 172 valence electrons. The van der Waals surface area contributed by atoms with Gasteiger partial charge in [0.15, 0.2) is 5.82 Å². The van der Waals surface area contributed by atoms with Gasteiger partial charge in [-0.3, -0.25) is 4.98 Å². The van der Waals surface area contributed by atoms with Crippen molar-refractivity contribution in [3.63, 3.8) is 0 Å². The highest BCUT2D eigenvalue weighted by Crippen LogP contribution is 2.33. The Morgan fingerprint density at radius 2 is 1.79 bits per heavy atom. The van der Waals surface area contributed by atoms with Gasteiger partial charge in [0.25, 0.3) is 0 Å². The van der Waals surface area contributed by atoms with Gasteiger partial charge >= 0.3 is 12.3 Å². The number of hydrogen-bond donors (Lipinski definition) is 0. The third-order valence-electron chi connectivity index (χ3n) is 5.25. The highest BCUT2D eigenvalue weighted by atomic mass is 19.4. The summed E-state index contributed by atoms with van der Waals surface area (Å²) in [5.41, 5.74) is 0.616. The topological polar surface area (TPSA) is 71.5 Å². The van der Waals surface area contributed by atoms with E-state index in [9.17, 15) is 18.0 Å². The van der Waals surface area contributed by atoms with Gasteiger partial charge in [-0.1, -0.05) is 12.1 Å². The van der Waals surface area contributed by atoms with Crippen LogP contribution < -0.4 is 4.90 Å². The molecule has 10 heteroatoms. The Balaban J connectivity index is 1.69. The zero-order chi connectivity index (χ0) is 23.4. The van der Waals surface area contributed by atoms with E-state index in [0.29, 0.717) is 61.2 Å². The van der Waals surface area contributed by atoms with Crippen molar-refractivity contribution in [3.8, 4) is 22.6 Å². The van der Waals surface area contributed by atoms with Crippen LogP contribution in [-0.4, -0.2) is 58.7 Å². The lowest BCUT2D eigenvalue weighted by Crippen LogP contribution is -2.49. The number of amides is 1. The molecule has 0 unspecified atom stereocenters. The van der Waals surface area contributed by atoms with Crippen LogP contribution in [0, 0.1) is 0 Å². The van der Waals surface area contributed by atoms with Crippen molar-refractivity contribution in [1.29, 1.82) is 0 Å². The Morgan fingerprint density at radius 3 is 2.45 bits per heavy atom. The van der Waals surface area contributed by atoms with Gasteiger partial charge in [0.05, 0.1) is 17.9 Å². The lowest BCUT2D eigenvalue weighted by molar-refractivity contribution is -0.137. The molecule has 0 atom stereocenters. The number of anilines is 1. The van der Waals surface area contributed by atoms with Crippen molar-refractivity contribution >= 4 is 11.9 Å². The molecule has 2 aromatic heterocycles. The number of piperazine rings is 1. The maximum absolute atomic E-state index is 13.3. The first-order valence-corrected chi connectivity index (χ1v) is 10.5. The van der Waals surface area contributed by atoms with Gasteiger partial charge in [-0.15, -0.1) is 0 Å². The largest absolute Gasteiger partial charge is 0.450 e. The van der Waals surface area contributed by atoms with E-state index in [0.717, 1.165) is 12.1 Å². The molecule has 0 bridgehead atoms. The average Bonchev–Trinajstić information content (AvgIpc) is 2.84. The lowest BCUT2D eigenvalue weighted by Gasteiger charge is -2.35. The monoisotopic (exact) mass is 457 g/mol. The van der Waals surface area contributed by atoms with E-state index in [1.165, 1.54) is 6.07 Å². The summed E-state index contributed by atoms with van der Waals surface area (Å²) in [6.07, 6.45) is -1.59. The number of benzene rings is 1. The van der Waals surface area contributed by atoms with Crippen LogP contribution in [0.15, 0.2) is 54.9 Å². The van der Waals surface area contributed by atoms with Crippen LogP contribution in [0.1, 0.15) is 12.5 Å². The minimum atomic E-state index is -4.46. The van der Waals surface area contributed by atoms with Crippen molar-refractivity contribution < 1.29 is 22.7 Å². The van der Waals surface area contributed by atoms with Crippen LogP contribution in [0.25, 0.3) is 22.6 Å². The zero-order valence-corrected chi connectivity index (χ0v) is 17.9. The molecule has 1 aliphatic rings. The predicted molar refractivity (Wildman–Crippen MR) is 117 cm³/mol. The Morgan fingerprint density at radius 1 is 1.03 bits per heavy atom. The number of rotatable bonds is 4. The van der Waals surface area contributed by atoms with Gasteiger partial charge in [0.2, 0.25) is 0 Å². The normalized spacial score (nSPS) is 14.3. The molecular formula is C23H22F3N5O2. The summed E-state index contributed by atoms with van der Waals surface area (Å²) in [6, 6.07) is 10.3. The van der Waals surface area contributed by atoms with E-state index >= 15 is 0 Å². The first-order chi connectivity index (χ1) is 15.8. The van der Waals surface area contributed by atoms with Crippen molar-refractivity contribution in [1.82, 2.24) is 19.9 Å². The minimum Gasteiger partial charge on any atom is -0.450 e. The lowest BCUT2D eigenvalue weighted by atomic mass is 10.1. The van der Waals surface area contributed by atoms with Crippen molar-refractivity contribution in [2.45, 2.75) is 13.1 Å².